The molecule has 1 aromatic rings. The Hall–Kier alpha value is -0.920. The van der Waals surface area contributed by atoms with Crippen LogP contribution < -0.4 is 0 Å². The van der Waals surface area contributed by atoms with Crippen molar-refractivity contribution in [3.8, 4) is 0 Å². The van der Waals surface area contributed by atoms with Gasteiger partial charge in [-0.3, -0.25) is 4.68 Å². The van der Waals surface area contributed by atoms with Crippen molar-refractivity contribution in [2.24, 2.45) is 0 Å². The topological polar surface area (TPSA) is 75.4 Å². The number of sulfonamides is 1. The van der Waals surface area contributed by atoms with E-state index in [0.717, 1.165) is 6.42 Å². The van der Waals surface area contributed by atoms with Gasteiger partial charge in [-0.2, -0.15) is 9.40 Å². The fraction of sp³-hybridized carbons (Fsp3) is 0.786. The molecule has 1 N–H and O–H groups in total. The molecule has 0 aliphatic carbocycles. The summed E-state index contributed by atoms with van der Waals surface area (Å²) in [5.41, 5.74) is 0.675. The maximum atomic E-state index is 12.9. The zero-order chi connectivity index (χ0) is 16.4. The van der Waals surface area contributed by atoms with E-state index in [1.165, 1.54) is 4.31 Å². The number of hydrogen-bond donors (Lipinski definition) is 1. The van der Waals surface area contributed by atoms with Gasteiger partial charge in [-0.25, -0.2) is 8.42 Å². The first-order valence-electron chi connectivity index (χ1n) is 7.23. The van der Waals surface area contributed by atoms with Gasteiger partial charge >= 0.3 is 0 Å². The van der Waals surface area contributed by atoms with Gasteiger partial charge in [-0.15, -0.1) is 0 Å². The summed E-state index contributed by atoms with van der Waals surface area (Å²) in [5.74, 6) is 0. The second kappa shape index (κ2) is 6.46. The lowest BCUT2D eigenvalue weighted by molar-refractivity contribution is 0.257. The molecule has 0 aliphatic heterocycles. The normalized spacial score (nSPS) is 13.1. The van der Waals surface area contributed by atoms with Gasteiger partial charge in [0.15, 0.2) is 0 Å². The number of rotatable bonds is 7. The van der Waals surface area contributed by atoms with Crippen LogP contribution in [-0.2, 0) is 16.6 Å². The maximum Gasteiger partial charge on any atom is 0.246 e. The van der Waals surface area contributed by atoms with E-state index in [9.17, 15) is 8.42 Å². The number of aromatic nitrogens is 2. The standard InChI is InChI=1S/C14H27N3O3S/c1-7-14(4,5)16(6)21(19,20)13-11(2)15-17(12(13)3)9-8-10-18/h18H,7-10H2,1-6H3. The van der Waals surface area contributed by atoms with Crippen LogP contribution >= 0.6 is 0 Å². The highest BCUT2D eigenvalue weighted by atomic mass is 32.2. The molecule has 122 valence electrons. The lowest BCUT2D eigenvalue weighted by Gasteiger charge is -2.33. The van der Waals surface area contributed by atoms with Crippen molar-refractivity contribution in [1.82, 2.24) is 14.1 Å². The van der Waals surface area contributed by atoms with Crippen molar-refractivity contribution in [2.45, 2.75) is 64.4 Å². The maximum absolute atomic E-state index is 12.9. The van der Waals surface area contributed by atoms with E-state index >= 15 is 0 Å². The van der Waals surface area contributed by atoms with Gasteiger partial charge in [-0.1, -0.05) is 6.92 Å². The summed E-state index contributed by atoms with van der Waals surface area (Å²) in [7, 11) is -1.97. The van der Waals surface area contributed by atoms with Crippen LogP contribution in [0.3, 0.4) is 0 Å². The SMILES string of the molecule is CCC(C)(C)N(C)S(=O)(=O)c1c(C)nn(CCCO)c1C. The molecule has 21 heavy (non-hydrogen) atoms. The van der Waals surface area contributed by atoms with Gasteiger partial charge in [-0.05, 0) is 40.5 Å². The molecule has 0 spiro atoms. The molecule has 0 atom stereocenters. The minimum atomic E-state index is -3.59. The van der Waals surface area contributed by atoms with Gasteiger partial charge < -0.3 is 5.11 Å². The summed E-state index contributed by atoms with van der Waals surface area (Å²) in [4.78, 5) is 0.282. The molecule has 0 unspecified atom stereocenters. The van der Waals surface area contributed by atoms with Gasteiger partial charge in [0.05, 0.1) is 11.4 Å². The molecule has 0 radical (unpaired) electrons. The quantitative estimate of drug-likeness (QED) is 0.830. The first-order valence-corrected chi connectivity index (χ1v) is 8.67. The zero-order valence-corrected chi connectivity index (χ0v) is 14.7. The Kier molecular flexibility index (Phi) is 5.57. The second-order valence-electron chi connectivity index (χ2n) is 5.94. The predicted molar refractivity (Wildman–Crippen MR) is 82.7 cm³/mol. The number of aliphatic hydroxyl groups excluding tert-OH is 1. The molecular weight excluding hydrogens is 290 g/mol. The third-order valence-corrected chi connectivity index (χ3v) is 6.50. The van der Waals surface area contributed by atoms with Crippen molar-refractivity contribution < 1.29 is 13.5 Å². The third-order valence-electron chi connectivity index (χ3n) is 4.18. The Morgan fingerprint density at radius 1 is 1.33 bits per heavy atom. The van der Waals surface area contributed by atoms with Crippen LogP contribution in [0.2, 0.25) is 0 Å². The zero-order valence-electron chi connectivity index (χ0n) is 13.8. The Morgan fingerprint density at radius 3 is 2.38 bits per heavy atom. The Bertz CT molecular complexity index is 591. The molecule has 1 rings (SSSR count). The smallest absolute Gasteiger partial charge is 0.246 e. The first kappa shape index (κ1) is 18.1. The van der Waals surface area contributed by atoms with Crippen LogP contribution in [0, 0.1) is 13.8 Å². The number of nitrogens with zero attached hydrogens (tertiary/aromatic N) is 3. The van der Waals surface area contributed by atoms with Gasteiger partial charge in [0.2, 0.25) is 10.0 Å². The monoisotopic (exact) mass is 317 g/mol. The first-order chi connectivity index (χ1) is 9.59. The van der Waals surface area contributed by atoms with E-state index in [4.69, 9.17) is 5.11 Å². The van der Waals surface area contributed by atoms with Crippen molar-refractivity contribution in [2.75, 3.05) is 13.7 Å². The van der Waals surface area contributed by atoms with Gasteiger partial charge in [0.1, 0.15) is 4.90 Å². The summed E-state index contributed by atoms with van der Waals surface area (Å²) in [6.45, 7) is 9.83. The van der Waals surface area contributed by atoms with E-state index in [2.05, 4.69) is 5.10 Å². The van der Waals surface area contributed by atoms with Crippen LogP contribution in [0.1, 0.15) is 45.0 Å². The molecule has 6 nitrogen and oxygen atoms in total. The highest BCUT2D eigenvalue weighted by molar-refractivity contribution is 7.89. The lowest BCUT2D eigenvalue weighted by atomic mass is 10.0. The van der Waals surface area contributed by atoms with E-state index in [-0.39, 0.29) is 11.5 Å². The van der Waals surface area contributed by atoms with E-state index < -0.39 is 15.6 Å². The van der Waals surface area contributed by atoms with Crippen LogP contribution in [0.15, 0.2) is 4.90 Å². The van der Waals surface area contributed by atoms with Crippen LogP contribution in [0.25, 0.3) is 0 Å². The number of aryl methyl sites for hydroxylation is 2. The number of aliphatic hydroxyl groups is 1. The van der Waals surface area contributed by atoms with Crippen molar-refractivity contribution >= 4 is 10.0 Å². The van der Waals surface area contributed by atoms with Crippen molar-refractivity contribution in [3.63, 3.8) is 0 Å². The molecule has 1 aromatic heterocycles. The Morgan fingerprint density at radius 2 is 1.90 bits per heavy atom. The average molecular weight is 317 g/mol. The molecule has 0 amide bonds. The molecule has 0 bridgehead atoms. The molecule has 0 saturated heterocycles. The summed E-state index contributed by atoms with van der Waals surface area (Å²) < 4.78 is 28.9. The van der Waals surface area contributed by atoms with E-state index in [1.54, 1.807) is 25.6 Å². The lowest BCUT2D eigenvalue weighted by Crippen LogP contribution is -2.44. The van der Waals surface area contributed by atoms with Crippen LogP contribution in [0.5, 0.6) is 0 Å². The summed E-state index contributed by atoms with van der Waals surface area (Å²) in [5, 5.41) is 13.2. The van der Waals surface area contributed by atoms with Crippen LogP contribution in [-0.4, -0.2) is 46.8 Å². The third kappa shape index (κ3) is 3.46. The van der Waals surface area contributed by atoms with Crippen molar-refractivity contribution in [1.29, 1.82) is 0 Å². The van der Waals surface area contributed by atoms with E-state index in [0.29, 0.717) is 24.4 Å². The fourth-order valence-corrected chi connectivity index (χ4v) is 4.12. The summed E-state index contributed by atoms with van der Waals surface area (Å²) in [6, 6.07) is 0. The van der Waals surface area contributed by atoms with Gasteiger partial charge in [0.25, 0.3) is 0 Å². The van der Waals surface area contributed by atoms with E-state index in [1.807, 2.05) is 20.8 Å². The summed E-state index contributed by atoms with van der Waals surface area (Å²) >= 11 is 0. The summed E-state index contributed by atoms with van der Waals surface area (Å²) in [6.07, 6.45) is 1.28. The predicted octanol–water partition coefficient (Wildman–Crippen LogP) is 1.69. The van der Waals surface area contributed by atoms with Crippen LogP contribution in [0.4, 0.5) is 0 Å². The molecule has 0 aliphatic rings. The molecule has 0 fully saturated rings. The Balaban J connectivity index is 3.30. The minimum Gasteiger partial charge on any atom is -0.396 e. The highest BCUT2D eigenvalue weighted by Crippen LogP contribution is 2.29. The molecular formula is C14H27N3O3S. The molecule has 7 heteroatoms. The minimum absolute atomic E-state index is 0.0587. The second-order valence-corrected chi connectivity index (χ2v) is 7.84. The number of hydrogen-bond acceptors (Lipinski definition) is 4. The Labute approximate surface area is 127 Å². The molecule has 0 aromatic carbocycles. The highest BCUT2D eigenvalue weighted by Gasteiger charge is 2.36. The largest absolute Gasteiger partial charge is 0.396 e. The molecule has 1 heterocycles. The van der Waals surface area contributed by atoms with Crippen molar-refractivity contribution in [3.05, 3.63) is 11.4 Å². The van der Waals surface area contributed by atoms with Gasteiger partial charge in [0, 0.05) is 25.7 Å². The fourth-order valence-electron chi connectivity index (χ4n) is 2.18. The average Bonchev–Trinajstić information content (AvgIpc) is 2.70. The molecule has 0 saturated carbocycles.